The van der Waals surface area contributed by atoms with Crippen molar-refractivity contribution in [3.8, 4) is 0 Å². The van der Waals surface area contributed by atoms with Crippen molar-refractivity contribution < 1.29 is 4.79 Å². The highest BCUT2D eigenvalue weighted by atomic mass is 79.9. The number of hydrogen-bond donors (Lipinski definition) is 2. The third kappa shape index (κ3) is 2.85. The topological polar surface area (TPSA) is 55.1 Å². The van der Waals surface area contributed by atoms with Crippen molar-refractivity contribution in [2.75, 3.05) is 11.1 Å². The molecule has 0 aliphatic carbocycles. The molecule has 0 spiro atoms. The molecule has 2 aromatic rings. The summed E-state index contributed by atoms with van der Waals surface area (Å²) in [6.45, 7) is 6.02. The molecule has 0 aromatic heterocycles. The lowest BCUT2D eigenvalue weighted by Gasteiger charge is -2.14. The normalized spacial score (nSPS) is 10.4. The van der Waals surface area contributed by atoms with Gasteiger partial charge >= 0.3 is 0 Å². The monoisotopic (exact) mass is 332 g/mol. The van der Waals surface area contributed by atoms with E-state index in [1.54, 1.807) is 18.2 Å². The summed E-state index contributed by atoms with van der Waals surface area (Å²) >= 11 is 3.36. The van der Waals surface area contributed by atoms with Crippen LogP contribution in [0.15, 0.2) is 34.8 Å². The van der Waals surface area contributed by atoms with Crippen LogP contribution in [0, 0.1) is 20.8 Å². The van der Waals surface area contributed by atoms with Gasteiger partial charge in [0.2, 0.25) is 0 Å². The largest absolute Gasteiger partial charge is 0.398 e. The minimum atomic E-state index is -0.167. The van der Waals surface area contributed by atoms with Gasteiger partial charge in [-0.3, -0.25) is 4.79 Å². The summed E-state index contributed by atoms with van der Waals surface area (Å²) < 4.78 is 0.625. The predicted molar refractivity (Wildman–Crippen MR) is 87.2 cm³/mol. The fourth-order valence-corrected chi connectivity index (χ4v) is 2.73. The molecular weight excluding hydrogens is 316 g/mol. The first-order valence-electron chi connectivity index (χ1n) is 6.33. The van der Waals surface area contributed by atoms with Gasteiger partial charge in [0.05, 0.1) is 10.0 Å². The molecular formula is C16H17BrN2O. The van der Waals surface area contributed by atoms with Crippen LogP contribution in [0.1, 0.15) is 27.0 Å². The molecule has 2 rings (SSSR count). The van der Waals surface area contributed by atoms with Gasteiger partial charge in [0.1, 0.15) is 0 Å². The molecule has 0 atom stereocenters. The lowest BCUT2D eigenvalue weighted by atomic mass is 10.0. The van der Waals surface area contributed by atoms with Crippen molar-refractivity contribution in [2.24, 2.45) is 0 Å². The van der Waals surface area contributed by atoms with Crippen LogP contribution >= 0.6 is 15.9 Å². The highest BCUT2D eigenvalue weighted by Crippen LogP contribution is 2.27. The zero-order chi connectivity index (χ0) is 14.9. The van der Waals surface area contributed by atoms with Crippen LogP contribution in [0.3, 0.4) is 0 Å². The maximum Gasteiger partial charge on any atom is 0.256 e. The van der Waals surface area contributed by atoms with Gasteiger partial charge in [-0.2, -0.15) is 0 Å². The number of nitrogens with two attached hydrogens (primary N) is 1. The van der Waals surface area contributed by atoms with Crippen molar-refractivity contribution in [3.05, 3.63) is 57.1 Å². The van der Waals surface area contributed by atoms with E-state index in [1.807, 2.05) is 20.8 Å². The molecule has 2 aromatic carbocycles. The second kappa shape index (κ2) is 5.67. The second-order valence-electron chi connectivity index (χ2n) is 4.94. The van der Waals surface area contributed by atoms with Crippen LogP contribution < -0.4 is 11.1 Å². The minimum absolute atomic E-state index is 0.167. The second-order valence-corrected chi connectivity index (χ2v) is 5.73. The quantitative estimate of drug-likeness (QED) is 0.809. The van der Waals surface area contributed by atoms with Crippen LogP contribution in [0.25, 0.3) is 0 Å². The Labute approximate surface area is 127 Å². The Bertz CT molecular complexity index is 657. The first kappa shape index (κ1) is 14.6. The Balaban J connectivity index is 2.36. The Morgan fingerprint density at radius 3 is 2.35 bits per heavy atom. The summed E-state index contributed by atoms with van der Waals surface area (Å²) in [4.78, 5) is 12.4. The third-order valence-corrected chi connectivity index (χ3v) is 4.07. The van der Waals surface area contributed by atoms with Crippen LogP contribution in [0.5, 0.6) is 0 Å². The number of amides is 1. The number of nitrogen functional groups attached to an aromatic ring is 1. The van der Waals surface area contributed by atoms with E-state index in [4.69, 9.17) is 5.73 Å². The number of anilines is 2. The van der Waals surface area contributed by atoms with Gasteiger partial charge in [-0.1, -0.05) is 23.8 Å². The van der Waals surface area contributed by atoms with Gasteiger partial charge in [0.25, 0.3) is 5.91 Å². The molecule has 3 N–H and O–H groups in total. The summed E-state index contributed by atoms with van der Waals surface area (Å²) in [5, 5.41) is 2.97. The van der Waals surface area contributed by atoms with E-state index in [2.05, 4.69) is 33.4 Å². The van der Waals surface area contributed by atoms with Crippen molar-refractivity contribution in [3.63, 3.8) is 0 Å². The molecule has 4 heteroatoms. The lowest BCUT2D eigenvalue weighted by molar-refractivity contribution is 0.102. The molecule has 104 valence electrons. The van der Waals surface area contributed by atoms with Crippen LogP contribution in [0.2, 0.25) is 0 Å². The van der Waals surface area contributed by atoms with Crippen molar-refractivity contribution >= 4 is 33.2 Å². The Morgan fingerprint density at radius 2 is 1.75 bits per heavy atom. The number of benzene rings is 2. The number of aryl methyl sites for hydroxylation is 3. The summed E-state index contributed by atoms with van der Waals surface area (Å²) in [5.74, 6) is -0.167. The molecule has 20 heavy (non-hydrogen) atoms. The number of carbonyl (C=O) groups is 1. The molecule has 3 nitrogen and oxygen atoms in total. The van der Waals surface area contributed by atoms with Crippen molar-refractivity contribution in [2.45, 2.75) is 20.8 Å². The molecule has 0 saturated heterocycles. The highest BCUT2D eigenvalue weighted by molar-refractivity contribution is 9.10. The molecule has 0 aliphatic rings. The van der Waals surface area contributed by atoms with E-state index in [-0.39, 0.29) is 5.91 Å². The van der Waals surface area contributed by atoms with E-state index in [0.29, 0.717) is 15.7 Å². The Morgan fingerprint density at radius 1 is 1.15 bits per heavy atom. The Hall–Kier alpha value is -1.81. The van der Waals surface area contributed by atoms with Gasteiger partial charge in [0.15, 0.2) is 0 Å². The van der Waals surface area contributed by atoms with Gasteiger partial charge in [0, 0.05) is 11.4 Å². The standard InChI is InChI=1S/C16H17BrN2O/c1-9-7-10(2)15(11(3)8-9)19-16(20)12-5-4-6-13(18)14(12)17/h4-8H,18H2,1-3H3,(H,19,20). The van der Waals surface area contributed by atoms with Gasteiger partial charge in [-0.25, -0.2) is 0 Å². The zero-order valence-electron chi connectivity index (χ0n) is 11.8. The predicted octanol–water partition coefficient (Wildman–Crippen LogP) is 4.21. The number of carbonyl (C=O) groups excluding carboxylic acids is 1. The fourth-order valence-electron chi connectivity index (χ4n) is 2.28. The van der Waals surface area contributed by atoms with Crippen LogP contribution in [0.4, 0.5) is 11.4 Å². The average molecular weight is 333 g/mol. The van der Waals surface area contributed by atoms with Crippen molar-refractivity contribution in [1.82, 2.24) is 0 Å². The lowest BCUT2D eigenvalue weighted by Crippen LogP contribution is -2.15. The molecule has 0 heterocycles. The van der Waals surface area contributed by atoms with Gasteiger partial charge < -0.3 is 11.1 Å². The van der Waals surface area contributed by atoms with E-state index in [0.717, 1.165) is 16.8 Å². The molecule has 0 unspecified atom stereocenters. The smallest absolute Gasteiger partial charge is 0.256 e. The molecule has 0 saturated carbocycles. The number of halogens is 1. The molecule has 0 fully saturated rings. The molecule has 1 amide bonds. The van der Waals surface area contributed by atoms with E-state index >= 15 is 0 Å². The van der Waals surface area contributed by atoms with E-state index in [9.17, 15) is 4.79 Å². The molecule has 0 aliphatic heterocycles. The number of hydrogen-bond acceptors (Lipinski definition) is 2. The number of nitrogens with one attached hydrogen (secondary N) is 1. The summed E-state index contributed by atoms with van der Waals surface area (Å²) in [5.41, 5.74) is 11.0. The molecule has 0 radical (unpaired) electrons. The first-order valence-corrected chi connectivity index (χ1v) is 7.12. The SMILES string of the molecule is Cc1cc(C)c(NC(=O)c2cccc(N)c2Br)c(C)c1. The zero-order valence-corrected chi connectivity index (χ0v) is 13.3. The van der Waals surface area contributed by atoms with Crippen molar-refractivity contribution in [1.29, 1.82) is 0 Å². The van der Waals surface area contributed by atoms with Gasteiger partial charge in [-0.15, -0.1) is 0 Å². The van der Waals surface area contributed by atoms with Crippen LogP contribution in [-0.4, -0.2) is 5.91 Å². The third-order valence-electron chi connectivity index (χ3n) is 3.19. The van der Waals surface area contributed by atoms with Gasteiger partial charge in [-0.05, 0) is 60.0 Å². The highest BCUT2D eigenvalue weighted by Gasteiger charge is 2.14. The van der Waals surface area contributed by atoms with E-state index in [1.165, 1.54) is 5.56 Å². The number of rotatable bonds is 2. The maximum atomic E-state index is 12.4. The van der Waals surface area contributed by atoms with Crippen LogP contribution in [-0.2, 0) is 0 Å². The summed E-state index contributed by atoms with van der Waals surface area (Å²) in [7, 11) is 0. The Kier molecular flexibility index (Phi) is 4.14. The first-order chi connectivity index (χ1) is 9.40. The average Bonchev–Trinajstić information content (AvgIpc) is 2.36. The maximum absolute atomic E-state index is 12.4. The fraction of sp³-hybridized carbons (Fsp3) is 0.188. The summed E-state index contributed by atoms with van der Waals surface area (Å²) in [6.07, 6.45) is 0. The minimum Gasteiger partial charge on any atom is -0.398 e. The van der Waals surface area contributed by atoms with E-state index < -0.39 is 0 Å². The summed E-state index contributed by atoms with van der Waals surface area (Å²) in [6, 6.07) is 9.37. The molecule has 0 bridgehead atoms.